The molecule has 3 rings (SSSR count). The van der Waals surface area contributed by atoms with Crippen LogP contribution in [0, 0.1) is 5.82 Å². The zero-order chi connectivity index (χ0) is 25.5. The van der Waals surface area contributed by atoms with Gasteiger partial charge in [-0.1, -0.05) is 22.0 Å². The second-order valence-electron chi connectivity index (χ2n) is 7.57. The molecular formula is C22H26BrFN6O5. The van der Waals surface area contributed by atoms with Gasteiger partial charge in [0.1, 0.15) is 24.2 Å². The molecule has 2 atom stereocenters. The summed E-state index contributed by atoms with van der Waals surface area (Å²) < 4.78 is 24.9. The Labute approximate surface area is 209 Å². The molecule has 0 bridgehead atoms. The van der Waals surface area contributed by atoms with E-state index in [0.29, 0.717) is 28.9 Å². The van der Waals surface area contributed by atoms with Gasteiger partial charge in [0.25, 0.3) is 0 Å². The van der Waals surface area contributed by atoms with E-state index in [2.05, 4.69) is 36.2 Å². The number of rotatable bonds is 8. The van der Waals surface area contributed by atoms with Crippen LogP contribution in [0.2, 0.25) is 0 Å². The second-order valence-corrected chi connectivity index (χ2v) is 8.43. The minimum absolute atomic E-state index is 0.00179. The van der Waals surface area contributed by atoms with Crippen LogP contribution in [0.3, 0.4) is 0 Å². The first-order valence-electron chi connectivity index (χ1n) is 10.8. The average molecular weight is 553 g/mol. The fourth-order valence-corrected chi connectivity index (χ4v) is 4.25. The van der Waals surface area contributed by atoms with E-state index >= 15 is 0 Å². The number of hydrogen-bond donors (Lipinski definition) is 3. The van der Waals surface area contributed by atoms with Crippen LogP contribution in [0.5, 0.6) is 0 Å². The molecule has 0 aliphatic carbocycles. The van der Waals surface area contributed by atoms with Crippen molar-refractivity contribution < 1.29 is 28.6 Å². The normalized spacial score (nSPS) is 21.6. The molecule has 2 aliphatic rings. The second kappa shape index (κ2) is 12.0. The van der Waals surface area contributed by atoms with Gasteiger partial charge in [-0.2, -0.15) is 0 Å². The number of carbonyl (C=O) groups excluding carboxylic acids is 1. The number of halogens is 2. The topological polar surface area (TPSA) is 151 Å². The first-order valence-corrected chi connectivity index (χ1v) is 11.5. The Bertz CT molecular complexity index is 1110. The summed E-state index contributed by atoms with van der Waals surface area (Å²) in [5.74, 6) is -2.03. The molecular weight excluding hydrogens is 527 g/mol. The van der Waals surface area contributed by atoms with Crippen LogP contribution in [0.1, 0.15) is 18.5 Å². The van der Waals surface area contributed by atoms with Crippen LogP contribution in [0.15, 0.2) is 48.9 Å². The zero-order valence-electron chi connectivity index (χ0n) is 19.2. The average Bonchev–Trinajstić information content (AvgIpc) is 2.82. The molecule has 1 aromatic carbocycles. The van der Waals surface area contributed by atoms with Gasteiger partial charge in [-0.3, -0.25) is 19.7 Å². The van der Waals surface area contributed by atoms with Crippen molar-refractivity contribution >= 4 is 45.9 Å². The standard InChI is InChI=1S/C22H26BrFN6O5/c1-3-35-22(33)17-15(9-30-6-7-34-10-16(30)21(31)32)28-20(19(25)27-11-26-2)29-18(17)13-5-4-12(24)8-14(13)23/h4-5,8,11,16,18H,3,6-7,9-10H2,1-2H3,(H,28,29)(H,31,32)(H2,25,26,27). The number of hydrogen-bond acceptors (Lipinski definition) is 8. The number of nitrogens with one attached hydrogen (secondary N) is 1. The van der Waals surface area contributed by atoms with Crippen molar-refractivity contribution in [3.63, 3.8) is 0 Å². The molecule has 35 heavy (non-hydrogen) atoms. The molecule has 188 valence electrons. The van der Waals surface area contributed by atoms with Gasteiger partial charge in [0.2, 0.25) is 0 Å². The minimum atomic E-state index is -1.05. The number of amidine groups is 2. The molecule has 0 aromatic heterocycles. The van der Waals surface area contributed by atoms with E-state index in [1.807, 2.05) is 0 Å². The first-order chi connectivity index (χ1) is 16.8. The van der Waals surface area contributed by atoms with Crippen LogP contribution in [0.4, 0.5) is 4.39 Å². The number of nitrogens with zero attached hydrogens (tertiary/aromatic N) is 4. The molecule has 0 amide bonds. The predicted octanol–water partition coefficient (Wildman–Crippen LogP) is 1.25. The van der Waals surface area contributed by atoms with E-state index in [1.54, 1.807) is 11.8 Å². The predicted molar refractivity (Wildman–Crippen MR) is 131 cm³/mol. The molecule has 13 heteroatoms. The van der Waals surface area contributed by atoms with Crippen molar-refractivity contribution in [2.45, 2.75) is 19.0 Å². The van der Waals surface area contributed by atoms with E-state index in [0.717, 1.165) is 0 Å². The summed E-state index contributed by atoms with van der Waals surface area (Å²) in [6.07, 6.45) is 1.25. The zero-order valence-corrected chi connectivity index (χ0v) is 20.8. The molecule has 1 aromatic rings. The maximum Gasteiger partial charge on any atom is 0.338 e. The lowest BCUT2D eigenvalue weighted by atomic mass is 9.95. The lowest BCUT2D eigenvalue weighted by Gasteiger charge is -2.35. The number of carbonyl (C=O) groups is 2. The van der Waals surface area contributed by atoms with Crippen LogP contribution in [0.25, 0.3) is 0 Å². The van der Waals surface area contributed by atoms with Gasteiger partial charge >= 0.3 is 11.9 Å². The van der Waals surface area contributed by atoms with Crippen molar-refractivity contribution in [2.24, 2.45) is 20.7 Å². The molecule has 1 saturated heterocycles. The lowest BCUT2D eigenvalue weighted by Crippen LogP contribution is -2.53. The molecule has 0 spiro atoms. The van der Waals surface area contributed by atoms with E-state index < -0.39 is 29.8 Å². The van der Waals surface area contributed by atoms with Gasteiger partial charge < -0.3 is 25.6 Å². The summed E-state index contributed by atoms with van der Waals surface area (Å²) in [5.41, 5.74) is 7.09. The lowest BCUT2D eigenvalue weighted by molar-refractivity contribution is -0.149. The van der Waals surface area contributed by atoms with Gasteiger partial charge in [0, 0.05) is 30.3 Å². The third-order valence-corrected chi connectivity index (χ3v) is 6.01. The Hall–Kier alpha value is -3.16. The van der Waals surface area contributed by atoms with Crippen molar-refractivity contribution in [1.82, 2.24) is 10.2 Å². The SMILES string of the molecule is CCOC(=O)C1=C(CN2CCOCC2C(=O)O)NC(C(N)=NC=NC)=NC1c1ccc(F)cc1Br. The number of morpholine rings is 1. The number of nitrogens with two attached hydrogens (primary N) is 1. The molecule has 1 fully saturated rings. The quantitative estimate of drug-likeness (QED) is 0.247. The van der Waals surface area contributed by atoms with Crippen LogP contribution in [-0.2, 0) is 19.1 Å². The summed E-state index contributed by atoms with van der Waals surface area (Å²) in [6, 6.07) is 2.16. The number of aliphatic imine (C=N–C) groups is 3. The number of benzene rings is 1. The Morgan fingerprint density at radius 3 is 2.91 bits per heavy atom. The molecule has 0 saturated carbocycles. The van der Waals surface area contributed by atoms with E-state index in [1.165, 1.54) is 31.6 Å². The van der Waals surface area contributed by atoms with Crippen molar-refractivity contribution in [2.75, 3.05) is 40.0 Å². The van der Waals surface area contributed by atoms with Crippen LogP contribution in [-0.4, -0.2) is 86.0 Å². The minimum Gasteiger partial charge on any atom is -0.480 e. The number of aliphatic carboxylic acids is 1. The van der Waals surface area contributed by atoms with Crippen LogP contribution >= 0.6 is 15.9 Å². The van der Waals surface area contributed by atoms with E-state index in [9.17, 15) is 19.1 Å². The van der Waals surface area contributed by atoms with E-state index in [-0.39, 0.29) is 37.0 Å². The summed E-state index contributed by atoms with van der Waals surface area (Å²) in [7, 11) is 1.53. The number of carboxylic acids is 1. The van der Waals surface area contributed by atoms with Gasteiger partial charge in [0.15, 0.2) is 11.7 Å². The van der Waals surface area contributed by atoms with Gasteiger partial charge in [0.05, 0.1) is 25.4 Å². The third-order valence-electron chi connectivity index (χ3n) is 5.32. The summed E-state index contributed by atoms with van der Waals surface area (Å²) in [6.45, 7) is 2.47. The highest BCUT2D eigenvalue weighted by molar-refractivity contribution is 9.10. The highest BCUT2D eigenvalue weighted by Crippen LogP contribution is 2.36. The molecule has 2 heterocycles. The van der Waals surface area contributed by atoms with E-state index in [4.69, 9.17) is 15.2 Å². The number of esters is 1. The number of ether oxygens (including phenoxy) is 2. The monoisotopic (exact) mass is 552 g/mol. The molecule has 2 unspecified atom stereocenters. The molecule has 2 aliphatic heterocycles. The Morgan fingerprint density at radius 2 is 2.26 bits per heavy atom. The fourth-order valence-electron chi connectivity index (χ4n) is 3.69. The molecule has 0 radical (unpaired) electrons. The van der Waals surface area contributed by atoms with Crippen molar-refractivity contribution in [3.05, 3.63) is 45.3 Å². The van der Waals surface area contributed by atoms with Gasteiger partial charge in [-0.25, -0.2) is 14.2 Å². The molecule has 4 N–H and O–H groups in total. The maximum absolute atomic E-state index is 13.8. The van der Waals surface area contributed by atoms with Crippen molar-refractivity contribution in [3.8, 4) is 0 Å². The smallest absolute Gasteiger partial charge is 0.338 e. The summed E-state index contributed by atoms with van der Waals surface area (Å²) >= 11 is 3.35. The largest absolute Gasteiger partial charge is 0.480 e. The maximum atomic E-state index is 13.8. The third kappa shape index (κ3) is 6.29. The highest BCUT2D eigenvalue weighted by Gasteiger charge is 2.37. The van der Waals surface area contributed by atoms with Gasteiger partial charge in [-0.15, -0.1) is 0 Å². The Balaban J connectivity index is 2.16. The first kappa shape index (κ1) is 26.4. The summed E-state index contributed by atoms with van der Waals surface area (Å²) in [5, 5.41) is 12.7. The van der Waals surface area contributed by atoms with Crippen LogP contribution < -0.4 is 11.1 Å². The summed E-state index contributed by atoms with van der Waals surface area (Å²) in [4.78, 5) is 39.0. The number of carboxylic acid groups (broad SMARTS) is 1. The van der Waals surface area contributed by atoms with Gasteiger partial charge in [-0.05, 0) is 24.6 Å². The Morgan fingerprint density at radius 1 is 1.49 bits per heavy atom. The Kier molecular flexibility index (Phi) is 9.07. The molecule has 11 nitrogen and oxygen atoms in total. The van der Waals surface area contributed by atoms with Crippen molar-refractivity contribution in [1.29, 1.82) is 0 Å². The fraction of sp³-hybridized carbons (Fsp3) is 0.409. The highest BCUT2D eigenvalue weighted by atomic mass is 79.9.